The number of nitrogens with one attached hydrogen (secondary N) is 1. The first-order valence-corrected chi connectivity index (χ1v) is 5.81. The van der Waals surface area contributed by atoms with Crippen molar-refractivity contribution in [3.8, 4) is 0 Å². The minimum atomic E-state index is 0.479. The maximum atomic E-state index is 5.87. The molecule has 0 spiro atoms. The van der Waals surface area contributed by atoms with Crippen LogP contribution in [0.1, 0.15) is 44.6 Å². The molecule has 0 atom stereocenters. The van der Waals surface area contributed by atoms with E-state index in [4.69, 9.17) is 5.73 Å². The monoisotopic (exact) mass is 207 g/mol. The number of aromatic nitrogens is 3. The van der Waals surface area contributed by atoms with Crippen LogP contribution in [0.4, 0.5) is 11.9 Å². The Labute approximate surface area is 89.1 Å². The first-order valence-electron chi connectivity index (χ1n) is 5.81. The van der Waals surface area contributed by atoms with Gasteiger partial charge in [-0.1, -0.05) is 12.8 Å². The average molecular weight is 207 g/mol. The molecule has 0 saturated heterocycles. The van der Waals surface area contributed by atoms with Gasteiger partial charge >= 0.3 is 0 Å². The predicted molar refractivity (Wildman–Crippen MR) is 58.6 cm³/mol. The van der Waals surface area contributed by atoms with E-state index < -0.39 is 0 Å². The van der Waals surface area contributed by atoms with E-state index >= 15 is 0 Å². The Morgan fingerprint density at radius 3 is 2.60 bits per heavy atom. The van der Waals surface area contributed by atoms with Gasteiger partial charge in [0.25, 0.3) is 0 Å². The summed E-state index contributed by atoms with van der Waals surface area (Å²) >= 11 is 0. The summed E-state index contributed by atoms with van der Waals surface area (Å²) in [5, 5.41) is 7.72. The van der Waals surface area contributed by atoms with Gasteiger partial charge in [-0.15, -0.1) is 5.10 Å². The van der Waals surface area contributed by atoms with Crippen LogP contribution in [0.3, 0.4) is 0 Å². The lowest BCUT2D eigenvalue weighted by molar-refractivity contribution is 0.474. The van der Waals surface area contributed by atoms with Crippen LogP contribution in [-0.4, -0.2) is 20.8 Å². The molecule has 15 heavy (non-hydrogen) atoms. The van der Waals surface area contributed by atoms with Gasteiger partial charge in [0.1, 0.15) is 0 Å². The van der Waals surface area contributed by atoms with E-state index in [0.29, 0.717) is 24.0 Å². The third-order valence-electron chi connectivity index (χ3n) is 3.24. The molecule has 2 aliphatic carbocycles. The maximum Gasteiger partial charge on any atom is 0.244 e. The summed E-state index contributed by atoms with van der Waals surface area (Å²) in [6.07, 6.45) is 7.42. The van der Waals surface area contributed by atoms with Gasteiger partial charge in [0.2, 0.25) is 11.9 Å². The number of anilines is 2. The van der Waals surface area contributed by atoms with Crippen molar-refractivity contribution in [2.45, 2.75) is 50.6 Å². The molecule has 5 nitrogen and oxygen atoms in total. The molecule has 2 aliphatic rings. The third kappa shape index (κ3) is 1.78. The number of hydrogen-bond donors (Lipinski definition) is 2. The zero-order valence-corrected chi connectivity index (χ0v) is 8.82. The van der Waals surface area contributed by atoms with Crippen LogP contribution in [-0.2, 0) is 0 Å². The lowest BCUT2D eigenvalue weighted by Gasteiger charge is -2.09. The molecule has 1 aromatic rings. The van der Waals surface area contributed by atoms with Crippen molar-refractivity contribution >= 4 is 11.9 Å². The maximum absolute atomic E-state index is 5.87. The first kappa shape index (κ1) is 9.00. The summed E-state index contributed by atoms with van der Waals surface area (Å²) in [6, 6.07) is 1.07. The molecule has 0 unspecified atom stereocenters. The SMILES string of the molecule is Nc1nc(NC2CC2)nn1C1CCCC1. The second-order valence-electron chi connectivity index (χ2n) is 4.60. The number of nitrogens with two attached hydrogens (primary N) is 1. The highest BCUT2D eigenvalue weighted by atomic mass is 15.4. The van der Waals surface area contributed by atoms with Gasteiger partial charge in [0.15, 0.2) is 0 Å². The van der Waals surface area contributed by atoms with Gasteiger partial charge < -0.3 is 11.1 Å². The van der Waals surface area contributed by atoms with Crippen molar-refractivity contribution < 1.29 is 0 Å². The Kier molecular flexibility index (Phi) is 2.04. The lowest BCUT2D eigenvalue weighted by Crippen LogP contribution is -2.10. The Bertz CT molecular complexity index is 349. The van der Waals surface area contributed by atoms with Gasteiger partial charge in [-0.3, -0.25) is 0 Å². The van der Waals surface area contributed by atoms with Crippen LogP contribution in [0.2, 0.25) is 0 Å². The Balaban J connectivity index is 1.77. The van der Waals surface area contributed by atoms with E-state index in [9.17, 15) is 0 Å². The molecule has 0 aromatic carbocycles. The molecular weight excluding hydrogens is 190 g/mol. The molecule has 1 aromatic heterocycles. The highest BCUT2D eigenvalue weighted by Gasteiger charge is 2.25. The zero-order chi connectivity index (χ0) is 10.3. The van der Waals surface area contributed by atoms with Crippen molar-refractivity contribution in [3.63, 3.8) is 0 Å². The number of rotatable bonds is 3. The molecule has 3 N–H and O–H groups in total. The molecule has 0 bridgehead atoms. The smallest absolute Gasteiger partial charge is 0.244 e. The zero-order valence-electron chi connectivity index (χ0n) is 8.82. The fourth-order valence-electron chi connectivity index (χ4n) is 2.22. The fourth-order valence-corrected chi connectivity index (χ4v) is 2.22. The standard InChI is InChI=1S/C10H17N5/c11-9-13-10(12-7-5-6-7)14-15(9)8-3-1-2-4-8/h7-8H,1-6H2,(H3,11,12,13,14). The highest BCUT2D eigenvalue weighted by Crippen LogP contribution is 2.31. The van der Waals surface area contributed by atoms with Crippen LogP contribution in [0.5, 0.6) is 0 Å². The minimum absolute atomic E-state index is 0.479. The van der Waals surface area contributed by atoms with Crippen LogP contribution in [0.25, 0.3) is 0 Å². The minimum Gasteiger partial charge on any atom is -0.368 e. The summed E-state index contributed by atoms with van der Waals surface area (Å²) in [5.74, 6) is 1.27. The normalized spacial score (nSPS) is 22.1. The Morgan fingerprint density at radius 2 is 1.93 bits per heavy atom. The van der Waals surface area contributed by atoms with Crippen LogP contribution >= 0.6 is 0 Å². The molecule has 1 heterocycles. The summed E-state index contributed by atoms with van der Waals surface area (Å²) in [4.78, 5) is 4.25. The van der Waals surface area contributed by atoms with Gasteiger partial charge in [-0.25, -0.2) is 4.68 Å². The van der Waals surface area contributed by atoms with Crippen molar-refractivity contribution in [1.29, 1.82) is 0 Å². The molecule has 3 rings (SSSR count). The number of nitrogens with zero attached hydrogens (tertiary/aromatic N) is 3. The van der Waals surface area contributed by atoms with Crippen LogP contribution in [0, 0.1) is 0 Å². The average Bonchev–Trinajstić information content (AvgIpc) is 2.76. The topological polar surface area (TPSA) is 68.8 Å². The lowest BCUT2D eigenvalue weighted by atomic mass is 10.3. The quantitative estimate of drug-likeness (QED) is 0.789. The molecule has 0 aliphatic heterocycles. The summed E-state index contributed by atoms with van der Waals surface area (Å²) in [6.45, 7) is 0. The van der Waals surface area contributed by atoms with E-state index in [1.807, 2.05) is 4.68 Å². The Hall–Kier alpha value is -1.26. The van der Waals surface area contributed by atoms with E-state index in [1.165, 1.54) is 38.5 Å². The number of hydrogen-bond acceptors (Lipinski definition) is 4. The molecule has 0 radical (unpaired) electrons. The molecule has 2 saturated carbocycles. The molecule has 5 heteroatoms. The van der Waals surface area contributed by atoms with E-state index in [-0.39, 0.29) is 0 Å². The summed E-state index contributed by atoms with van der Waals surface area (Å²) < 4.78 is 1.90. The number of nitrogen functional groups attached to an aromatic ring is 1. The van der Waals surface area contributed by atoms with Gasteiger partial charge in [-0.05, 0) is 25.7 Å². The van der Waals surface area contributed by atoms with Gasteiger partial charge in [0.05, 0.1) is 6.04 Å². The van der Waals surface area contributed by atoms with Crippen molar-refractivity contribution in [2.24, 2.45) is 0 Å². The molecule has 0 amide bonds. The third-order valence-corrected chi connectivity index (χ3v) is 3.24. The van der Waals surface area contributed by atoms with Crippen molar-refractivity contribution in [2.75, 3.05) is 11.1 Å². The fraction of sp³-hybridized carbons (Fsp3) is 0.800. The summed E-state index contributed by atoms with van der Waals surface area (Å²) in [5.41, 5.74) is 5.87. The second-order valence-corrected chi connectivity index (χ2v) is 4.60. The second kappa shape index (κ2) is 3.40. The Morgan fingerprint density at radius 1 is 1.20 bits per heavy atom. The van der Waals surface area contributed by atoms with E-state index in [2.05, 4.69) is 15.4 Å². The predicted octanol–water partition coefficient (Wildman–Crippen LogP) is 1.55. The van der Waals surface area contributed by atoms with Gasteiger partial charge in [-0.2, -0.15) is 4.98 Å². The van der Waals surface area contributed by atoms with Crippen molar-refractivity contribution in [1.82, 2.24) is 14.8 Å². The van der Waals surface area contributed by atoms with E-state index in [0.717, 1.165) is 0 Å². The highest BCUT2D eigenvalue weighted by molar-refractivity contribution is 5.34. The van der Waals surface area contributed by atoms with Gasteiger partial charge in [0, 0.05) is 6.04 Å². The van der Waals surface area contributed by atoms with Crippen molar-refractivity contribution in [3.05, 3.63) is 0 Å². The molecule has 2 fully saturated rings. The van der Waals surface area contributed by atoms with Crippen LogP contribution < -0.4 is 11.1 Å². The molecular formula is C10H17N5. The summed E-state index contributed by atoms with van der Waals surface area (Å²) in [7, 11) is 0. The van der Waals surface area contributed by atoms with E-state index in [1.54, 1.807) is 0 Å². The largest absolute Gasteiger partial charge is 0.368 e. The molecule has 82 valence electrons. The van der Waals surface area contributed by atoms with Crippen LogP contribution in [0.15, 0.2) is 0 Å². The first-order chi connectivity index (χ1) is 7.33.